The first-order valence-electron chi connectivity index (χ1n) is 6.33. The van der Waals surface area contributed by atoms with Gasteiger partial charge in [-0.1, -0.05) is 6.07 Å². The summed E-state index contributed by atoms with van der Waals surface area (Å²) < 4.78 is 5.84. The smallest absolute Gasteiger partial charge is 0.0880 e. The molecule has 0 saturated carbocycles. The van der Waals surface area contributed by atoms with Crippen molar-refractivity contribution < 1.29 is 4.74 Å². The standard InChI is InChI=1S/C14H22N2O/c1-14(2,3)16-10-12-6-8-17-13(12)11-5-4-7-15-9-11/h4-5,7,9,12-13,16H,6,8,10H2,1-3H3. The largest absolute Gasteiger partial charge is 0.373 e. The van der Waals surface area contributed by atoms with Gasteiger partial charge in [-0.25, -0.2) is 0 Å². The van der Waals surface area contributed by atoms with Crippen LogP contribution in [0.3, 0.4) is 0 Å². The van der Waals surface area contributed by atoms with Gasteiger partial charge in [0, 0.05) is 37.0 Å². The molecule has 94 valence electrons. The lowest BCUT2D eigenvalue weighted by atomic mass is 9.95. The molecule has 1 saturated heterocycles. The highest BCUT2D eigenvalue weighted by Gasteiger charge is 2.30. The van der Waals surface area contributed by atoms with Crippen LogP contribution in [0.25, 0.3) is 0 Å². The number of hydrogen-bond donors (Lipinski definition) is 1. The van der Waals surface area contributed by atoms with Crippen molar-refractivity contribution in [1.29, 1.82) is 0 Å². The van der Waals surface area contributed by atoms with E-state index in [1.54, 1.807) is 6.20 Å². The van der Waals surface area contributed by atoms with Gasteiger partial charge in [0.2, 0.25) is 0 Å². The molecule has 2 rings (SSSR count). The zero-order valence-corrected chi connectivity index (χ0v) is 10.9. The Labute approximate surface area is 104 Å². The number of aromatic nitrogens is 1. The van der Waals surface area contributed by atoms with Crippen molar-refractivity contribution in [3.8, 4) is 0 Å². The quantitative estimate of drug-likeness (QED) is 0.872. The molecule has 0 aliphatic carbocycles. The molecule has 2 unspecified atom stereocenters. The number of nitrogens with zero attached hydrogens (tertiary/aromatic N) is 1. The minimum Gasteiger partial charge on any atom is -0.373 e. The summed E-state index contributed by atoms with van der Waals surface area (Å²) in [6.07, 6.45) is 5.06. The molecule has 3 heteroatoms. The monoisotopic (exact) mass is 234 g/mol. The summed E-state index contributed by atoms with van der Waals surface area (Å²) in [5.74, 6) is 0.554. The first-order valence-corrected chi connectivity index (χ1v) is 6.33. The molecule has 1 aliphatic rings. The highest BCUT2D eigenvalue weighted by molar-refractivity contribution is 5.14. The van der Waals surface area contributed by atoms with E-state index in [9.17, 15) is 0 Å². The zero-order chi connectivity index (χ0) is 12.3. The summed E-state index contributed by atoms with van der Waals surface area (Å²) in [7, 11) is 0. The maximum atomic E-state index is 5.84. The molecule has 17 heavy (non-hydrogen) atoms. The van der Waals surface area contributed by atoms with Crippen LogP contribution in [0, 0.1) is 5.92 Å². The Morgan fingerprint density at radius 1 is 1.47 bits per heavy atom. The summed E-state index contributed by atoms with van der Waals surface area (Å²) in [5.41, 5.74) is 1.37. The fraction of sp³-hybridized carbons (Fsp3) is 0.643. The first kappa shape index (κ1) is 12.5. The maximum Gasteiger partial charge on any atom is 0.0880 e. The van der Waals surface area contributed by atoms with Gasteiger partial charge in [-0.05, 0) is 38.8 Å². The second-order valence-corrected chi connectivity index (χ2v) is 5.76. The molecular formula is C14H22N2O. The lowest BCUT2D eigenvalue weighted by molar-refractivity contribution is 0.0887. The van der Waals surface area contributed by atoms with Crippen molar-refractivity contribution in [2.24, 2.45) is 5.92 Å². The minimum atomic E-state index is 0.169. The van der Waals surface area contributed by atoms with Crippen LogP contribution < -0.4 is 5.32 Å². The van der Waals surface area contributed by atoms with Crippen LogP contribution in [0.15, 0.2) is 24.5 Å². The number of rotatable bonds is 3. The normalized spacial score (nSPS) is 25.1. The number of nitrogens with one attached hydrogen (secondary N) is 1. The van der Waals surface area contributed by atoms with Gasteiger partial charge in [-0.2, -0.15) is 0 Å². The van der Waals surface area contributed by atoms with Crippen molar-refractivity contribution in [3.63, 3.8) is 0 Å². The predicted molar refractivity (Wildman–Crippen MR) is 68.8 cm³/mol. The number of pyridine rings is 1. The fourth-order valence-electron chi connectivity index (χ4n) is 2.19. The molecule has 2 heterocycles. The van der Waals surface area contributed by atoms with Gasteiger partial charge >= 0.3 is 0 Å². The lowest BCUT2D eigenvalue weighted by Gasteiger charge is -2.25. The fourth-order valence-corrected chi connectivity index (χ4v) is 2.19. The van der Waals surface area contributed by atoms with E-state index in [1.165, 1.54) is 5.56 Å². The van der Waals surface area contributed by atoms with Gasteiger partial charge in [0.05, 0.1) is 6.10 Å². The SMILES string of the molecule is CC(C)(C)NCC1CCOC1c1cccnc1. The van der Waals surface area contributed by atoms with E-state index in [1.807, 2.05) is 12.3 Å². The molecule has 1 aromatic heterocycles. The average molecular weight is 234 g/mol. The van der Waals surface area contributed by atoms with Gasteiger partial charge in [-0.3, -0.25) is 4.98 Å². The second-order valence-electron chi connectivity index (χ2n) is 5.76. The lowest BCUT2D eigenvalue weighted by Crippen LogP contribution is -2.39. The molecule has 0 bridgehead atoms. The maximum absolute atomic E-state index is 5.84. The van der Waals surface area contributed by atoms with Crippen LogP contribution >= 0.6 is 0 Å². The van der Waals surface area contributed by atoms with Crippen molar-refractivity contribution in [3.05, 3.63) is 30.1 Å². The Morgan fingerprint density at radius 2 is 2.29 bits per heavy atom. The van der Waals surface area contributed by atoms with Crippen molar-refractivity contribution in [1.82, 2.24) is 10.3 Å². The molecule has 0 spiro atoms. The molecule has 0 radical (unpaired) electrons. The molecule has 1 N–H and O–H groups in total. The molecule has 0 aromatic carbocycles. The predicted octanol–water partition coefficient (Wildman–Crippen LogP) is 2.55. The van der Waals surface area contributed by atoms with E-state index in [0.29, 0.717) is 5.92 Å². The Bertz CT molecular complexity index is 345. The molecule has 1 fully saturated rings. The third-order valence-corrected chi connectivity index (χ3v) is 3.12. The first-order chi connectivity index (χ1) is 8.06. The summed E-state index contributed by atoms with van der Waals surface area (Å²) in [6.45, 7) is 8.45. The van der Waals surface area contributed by atoms with Crippen LogP contribution in [0.1, 0.15) is 38.9 Å². The molecule has 0 amide bonds. The molecule has 3 nitrogen and oxygen atoms in total. The average Bonchev–Trinajstić information content (AvgIpc) is 2.75. The van der Waals surface area contributed by atoms with Crippen molar-refractivity contribution in [2.75, 3.05) is 13.2 Å². The van der Waals surface area contributed by atoms with Crippen molar-refractivity contribution in [2.45, 2.75) is 38.8 Å². The molecule has 2 atom stereocenters. The van der Waals surface area contributed by atoms with Gasteiger partial charge in [0.1, 0.15) is 0 Å². The Hall–Kier alpha value is -0.930. The Kier molecular flexibility index (Phi) is 3.79. The highest BCUT2D eigenvalue weighted by Crippen LogP contribution is 2.33. The summed E-state index contributed by atoms with van der Waals surface area (Å²) in [6, 6.07) is 4.08. The van der Waals surface area contributed by atoms with Gasteiger partial charge in [0.15, 0.2) is 0 Å². The van der Waals surface area contributed by atoms with Crippen molar-refractivity contribution >= 4 is 0 Å². The Morgan fingerprint density at radius 3 is 2.94 bits per heavy atom. The summed E-state index contributed by atoms with van der Waals surface area (Å²) in [4.78, 5) is 4.17. The van der Waals surface area contributed by atoms with Gasteiger partial charge in [0.25, 0.3) is 0 Å². The van der Waals surface area contributed by atoms with Crippen LogP contribution in [-0.2, 0) is 4.74 Å². The van der Waals surface area contributed by atoms with E-state index in [-0.39, 0.29) is 11.6 Å². The molecular weight excluding hydrogens is 212 g/mol. The zero-order valence-electron chi connectivity index (χ0n) is 10.9. The van der Waals surface area contributed by atoms with E-state index in [0.717, 1.165) is 19.6 Å². The van der Waals surface area contributed by atoms with Gasteiger partial charge < -0.3 is 10.1 Å². The van der Waals surface area contributed by atoms with E-state index >= 15 is 0 Å². The topological polar surface area (TPSA) is 34.1 Å². The van der Waals surface area contributed by atoms with Gasteiger partial charge in [-0.15, -0.1) is 0 Å². The molecule has 1 aliphatic heterocycles. The van der Waals surface area contributed by atoms with E-state index in [4.69, 9.17) is 4.74 Å². The summed E-state index contributed by atoms with van der Waals surface area (Å²) in [5, 5.41) is 3.56. The molecule has 1 aromatic rings. The van der Waals surface area contributed by atoms with Crippen LogP contribution in [0.2, 0.25) is 0 Å². The third kappa shape index (κ3) is 3.51. The third-order valence-electron chi connectivity index (χ3n) is 3.12. The van der Waals surface area contributed by atoms with E-state index < -0.39 is 0 Å². The second kappa shape index (κ2) is 5.15. The Balaban J connectivity index is 1.98. The minimum absolute atomic E-state index is 0.169. The number of ether oxygens (including phenoxy) is 1. The highest BCUT2D eigenvalue weighted by atomic mass is 16.5. The van der Waals surface area contributed by atoms with E-state index in [2.05, 4.69) is 37.1 Å². The van der Waals surface area contributed by atoms with Crippen LogP contribution in [0.4, 0.5) is 0 Å². The summed E-state index contributed by atoms with van der Waals surface area (Å²) >= 11 is 0. The van der Waals surface area contributed by atoms with Crippen LogP contribution in [0.5, 0.6) is 0 Å². The van der Waals surface area contributed by atoms with Crippen LogP contribution in [-0.4, -0.2) is 23.7 Å². The number of hydrogen-bond acceptors (Lipinski definition) is 3.